The minimum atomic E-state index is -0.163. The summed E-state index contributed by atoms with van der Waals surface area (Å²) in [5.41, 5.74) is 2.81. The summed E-state index contributed by atoms with van der Waals surface area (Å²) in [6.45, 7) is 6.78. The van der Waals surface area contributed by atoms with Crippen molar-refractivity contribution in [3.8, 4) is 0 Å². The lowest BCUT2D eigenvalue weighted by molar-refractivity contribution is -0.0551. The highest BCUT2D eigenvalue weighted by atomic mass is 32.1. The molecule has 1 fully saturated rings. The van der Waals surface area contributed by atoms with Crippen LogP contribution in [0.4, 0.5) is 0 Å². The number of thiazole rings is 1. The van der Waals surface area contributed by atoms with Gasteiger partial charge in [0.15, 0.2) is 0 Å². The first-order chi connectivity index (χ1) is 6.22. The second kappa shape index (κ2) is 3.36. The zero-order valence-corrected chi connectivity index (χ0v) is 8.78. The minimum absolute atomic E-state index is 0.163. The van der Waals surface area contributed by atoms with Crippen LogP contribution in [-0.2, 0) is 10.3 Å². The molecule has 0 aromatic carbocycles. The number of morpholine rings is 1. The van der Waals surface area contributed by atoms with E-state index in [2.05, 4.69) is 17.2 Å². The van der Waals surface area contributed by atoms with Gasteiger partial charge in [-0.1, -0.05) is 0 Å². The van der Waals surface area contributed by atoms with Crippen molar-refractivity contribution in [2.75, 3.05) is 19.7 Å². The standard InChI is InChI=1S/C9H14N2OS/c1-7-8(13-6-11-7)9(2)5-10-3-4-12-9/h6,10H,3-5H2,1-2H3. The Morgan fingerprint density at radius 2 is 2.54 bits per heavy atom. The number of ether oxygens (including phenoxy) is 1. The maximum absolute atomic E-state index is 5.80. The molecule has 1 atom stereocenters. The van der Waals surface area contributed by atoms with Gasteiger partial charge < -0.3 is 10.1 Å². The van der Waals surface area contributed by atoms with Gasteiger partial charge in [-0.05, 0) is 13.8 Å². The van der Waals surface area contributed by atoms with Crippen molar-refractivity contribution in [3.05, 3.63) is 16.1 Å². The third-order valence-corrected chi connectivity index (χ3v) is 3.56. The van der Waals surface area contributed by atoms with Crippen LogP contribution in [0.3, 0.4) is 0 Å². The molecule has 0 amide bonds. The number of aromatic nitrogens is 1. The molecule has 2 rings (SSSR count). The highest BCUT2D eigenvalue weighted by Gasteiger charge is 2.32. The molecule has 13 heavy (non-hydrogen) atoms. The van der Waals surface area contributed by atoms with Crippen LogP contribution in [0.15, 0.2) is 5.51 Å². The summed E-state index contributed by atoms with van der Waals surface area (Å²) in [6, 6.07) is 0. The van der Waals surface area contributed by atoms with Gasteiger partial charge in [0.25, 0.3) is 0 Å². The molecule has 0 saturated carbocycles. The summed E-state index contributed by atoms with van der Waals surface area (Å²) >= 11 is 1.68. The van der Waals surface area contributed by atoms with Gasteiger partial charge in [-0.25, -0.2) is 4.98 Å². The fraction of sp³-hybridized carbons (Fsp3) is 0.667. The number of aryl methyl sites for hydroxylation is 1. The summed E-state index contributed by atoms with van der Waals surface area (Å²) in [5.74, 6) is 0. The van der Waals surface area contributed by atoms with Crippen molar-refractivity contribution in [2.45, 2.75) is 19.4 Å². The molecular weight excluding hydrogens is 184 g/mol. The van der Waals surface area contributed by atoms with Crippen LogP contribution in [0.25, 0.3) is 0 Å². The van der Waals surface area contributed by atoms with E-state index in [0.29, 0.717) is 0 Å². The Labute approximate surface area is 82.1 Å². The number of hydrogen-bond donors (Lipinski definition) is 1. The summed E-state index contributed by atoms with van der Waals surface area (Å²) in [7, 11) is 0. The first-order valence-corrected chi connectivity index (χ1v) is 5.35. The van der Waals surface area contributed by atoms with Gasteiger partial charge in [-0.3, -0.25) is 0 Å². The summed E-state index contributed by atoms with van der Waals surface area (Å²) in [6.07, 6.45) is 0. The van der Waals surface area contributed by atoms with Gasteiger partial charge in [0.2, 0.25) is 0 Å². The van der Waals surface area contributed by atoms with E-state index >= 15 is 0 Å². The van der Waals surface area contributed by atoms with E-state index in [-0.39, 0.29) is 5.60 Å². The molecule has 1 aromatic heterocycles. The lowest BCUT2D eigenvalue weighted by atomic mass is 10.0. The largest absolute Gasteiger partial charge is 0.367 e. The van der Waals surface area contributed by atoms with Gasteiger partial charge >= 0.3 is 0 Å². The minimum Gasteiger partial charge on any atom is -0.367 e. The fourth-order valence-corrected chi connectivity index (χ4v) is 2.60. The van der Waals surface area contributed by atoms with E-state index in [0.717, 1.165) is 25.4 Å². The van der Waals surface area contributed by atoms with Crippen LogP contribution in [-0.4, -0.2) is 24.7 Å². The Morgan fingerprint density at radius 1 is 1.69 bits per heavy atom. The maximum Gasteiger partial charge on any atom is 0.114 e. The quantitative estimate of drug-likeness (QED) is 0.738. The van der Waals surface area contributed by atoms with E-state index in [1.165, 1.54) is 4.88 Å². The Bertz CT molecular complexity index is 292. The van der Waals surface area contributed by atoms with Crippen molar-refractivity contribution in [1.82, 2.24) is 10.3 Å². The zero-order chi connectivity index (χ0) is 9.31. The first kappa shape index (κ1) is 9.12. The molecule has 1 aromatic rings. The SMILES string of the molecule is Cc1ncsc1C1(C)CNCCO1. The van der Waals surface area contributed by atoms with Crippen molar-refractivity contribution in [2.24, 2.45) is 0 Å². The molecule has 1 saturated heterocycles. The molecule has 4 heteroatoms. The van der Waals surface area contributed by atoms with Gasteiger partial charge in [-0.15, -0.1) is 11.3 Å². The van der Waals surface area contributed by atoms with Crippen LogP contribution >= 0.6 is 11.3 Å². The van der Waals surface area contributed by atoms with Gasteiger partial charge in [0, 0.05) is 13.1 Å². The number of nitrogens with one attached hydrogen (secondary N) is 1. The molecule has 1 unspecified atom stereocenters. The summed E-state index contributed by atoms with van der Waals surface area (Å²) < 4.78 is 5.80. The first-order valence-electron chi connectivity index (χ1n) is 4.48. The van der Waals surface area contributed by atoms with Gasteiger partial charge in [-0.2, -0.15) is 0 Å². The van der Waals surface area contributed by atoms with E-state index < -0.39 is 0 Å². The smallest absolute Gasteiger partial charge is 0.114 e. The van der Waals surface area contributed by atoms with Crippen LogP contribution in [0.2, 0.25) is 0 Å². The molecule has 1 aliphatic rings. The van der Waals surface area contributed by atoms with Crippen molar-refractivity contribution >= 4 is 11.3 Å². The predicted octanol–water partition coefficient (Wildman–Crippen LogP) is 1.29. The topological polar surface area (TPSA) is 34.2 Å². The van der Waals surface area contributed by atoms with E-state index in [9.17, 15) is 0 Å². The molecule has 0 spiro atoms. The lowest BCUT2D eigenvalue weighted by Gasteiger charge is -2.33. The fourth-order valence-electron chi connectivity index (χ4n) is 1.68. The number of hydrogen-bond acceptors (Lipinski definition) is 4. The molecule has 2 heterocycles. The van der Waals surface area contributed by atoms with Crippen molar-refractivity contribution in [3.63, 3.8) is 0 Å². The van der Waals surface area contributed by atoms with Crippen LogP contribution in [0.1, 0.15) is 17.5 Å². The molecule has 72 valence electrons. The third kappa shape index (κ3) is 1.61. The molecule has 1 N–H and O–H groups in total. The summed E-state index contributed by atoms with van der Waals surface area (Å²) in [4.78, 5) is 5.50. The summed E-state index contributed by atoms with van der Waals surface area (Å²) in [5, 5.41) is 3.34. The Kier molecular flexibility index (Phi) is 2.36. The van der Waals surface area contributed by atoms with Crippen molar-refractivity contribution in [1.29, 1.82) is 0 Å². The molecule has 0 radical (unpaired) electrons. The second-order valence-electron chi connectivity index (χ2n) is 3.52. The average Bonchev–Trinajstić information content (AvgIpc) is 2.53. The molecular formula is C9H14N2OS. The average molecular weight is 198 g/mol. The van der Waals surface area contributed by atoms with Crippen LogP contribution in [0.5, 0.6) is 0 Å². The Morgan fingerprint density at radius 3 is 3.08 bits per heavy atom. The van der Waals surface area contributed by atoms with Crippen LogP contribution in [0, 0.1) is 6.92 Å². The third-order valence-electron chi connectivity index (χ3n) is 2.39. The monoisotopic (exact) mass is 198 g/mol. The number of nitrogens with zero attached hydrogens (tertiary/aromatic N) is 1. The van der Waals surface area contributed by atoms with E-state index in [4.69, 9.17) is 4.74 Å². The van der Waals surface area contributed by atoms with E-state index in [1.54, 1.807) is 11.3 Å². The highest BCUT2D eigenvalue weighted by molar-refractivity contribution is 7.09. The van der Waals surface area contributed by atoms with Crippen LogP contribution < -0.4 is 5.32 Å². The molecule has 0 aliphatic carbocycles. The van der Waals surface area contributed by atoms with Gasteiger partial charge in [0.05, 0.1) is 22.7 Å². The predicted molar refractivity (Wildman–Crippen MR) is 53.0 cm³/mol. The number of rotatable bonds is 1. The zero-order valence-electron chi connectivity index (χ0n) is 7.96. The normalized spacial score (nSPS) is 29.1. The highest BCUT2D eigenvalue weighted by Crippen LogP contribution is 2.31. The van der Waals surface area contributed by atoms with E-state index in [1.807, 2.05) is 12.4 Å². The van der Waals surface area contributed by atoms with Crippen molar-refractivity contribution < 1.29 is 4.74 Å². The Hall–Kier alpha value is -0.450. The molecule has 3 nitrogen and oxygen atoms in total. The lowest BCUT2D eigenvalue weighted by Crippen LogP contribution is -2.45. The Balaban J connectivity index is 2.27. The molecule has 1 aliphatic heterocycles. The molecule has 0 bridgehead atoms. The van der Waals surface area contributed by atoms with Gasteiger partial charge in [0.1, 0.15) is 5.60 Å². The maximum atomic E-state index is 5.80. The second-order valence-corrected chi connectivity index (χ2v) is 4.38.